The van der Waals surface area contributed by atoms with E-state index >= 15 is 0 Å². The van der Waals surface area contributed by atoms with Gasteiger partial charge in [0.1, 0.15) is 12.1 Å². The van der Waals surface area contributed by atoms with Gasteiger partial charge in [-0.2, -0.15) is 0 Å². The van der Waals surface area contributed by atoms with Gasteiger partial charge < -0.3 is 37.2 Å². The Morgan fingerprint density at radius 3 is 2.44 bits per heavy atom. The second-order valence-corrected chi connectivity index (χ2v) is 6.35. The van der Waals surface area contributed by atoms with Gasteiger partial charge in [0.15, 0.2) is 0 Å². The normalized spacial score (nSPS) is 18.4. The highest BCUT2D eigenvalue weighted by atomic mass is 16.4. The second kappa shape index (κ2) is 12.2. The third kappa shape index (κ3) is 8.33. The summed E-state index contributed by atoms with van der Waals surface area (Å²) in [5, 5.41) is 27.9. The maximum Gasteiger partial charge on any atom is 0.328 e. The number of hydrogen-bond acceptors (Lipinski definition) is 7. The summed E-state index contributed by atoms with van der Waals surface area (Å²) in [7, 11) is 0. The molecule has 1 aliphatic rings. The molecule has 1 aliphatic heterocycles. The van der Waals surface area contributed by atoms with E-state index in [0.29, 0.717) is 32.2 Å². The third-order valence-corrected chi connectivity index (χ3v) is 4.20. The summed E-state index contributed by atoms with van der Waals surface area (Å²) in [5.41, 5.74) is 5.45. The first-order chi connectivity index (χ1) is 12.9. The molecule has 8 N–H and O–H groups in total. The van der Waals surface area contributed by atoms with E-state index in [-0.39, 0.29) is 11.9 Å². The van der Waals surface area contributed by atoms with Gasteiger partial charge in [-0.05, 0) is 45.2 Å². The Kier molecular flexibility index (Phi) is 10.3. The average Bonchev–Trinajstić information content (AvgIpc) is 3.18. The van der Waals surface area contributed by atoms with Crippen LogP contribution in [0.5, 0.6) is 0 Å². The summed E-state index contributed by atoms with van der Waals surface area (Å²) < 4.78 is 0. The molecule has 0 spiro atoms. The fourth-order valence-corrected chi connectivity index (χ4v) is 2.66. The van der Waals surface area contributed by atoms with Crippen molar-refractivity contribution in [3.63, 3.8) is 0 Å². The van der Waals surface area contributed by atoms with E-state index in [1.807, 2.05) is 0 Å². The number of hydrogen-bond donors (Lipinski definition) is 7. The molecule has 3 atom stereocenters. The molecule has 1 rings (SSSR count). The lowest BCUT2D eigenvalue weighted by atomic mass is 10.1. The van der Waals surface area contributed by atoms with Crippen LogP contribution in [0.15, 0.2) is 0 Å². The highest BCUT2D eigenvalue weighted by Crippen LogP contribution is 2.07. The molecule has 3 unspecified atom stereocenters. The van der Waals surface area contributed by atoms with Crippen molar-refractivity contribution in [1.29, 1.82) is 0 Å². The van der Waals surface area contributed by atoms with Crippen LogP contribution in [0.4, 0.5) is 0 Å². The first-order valence-electron chi connectivity index (χ1n) is 9.03. The van der Waals surface area contributed by atoms with E-state index in [9.17, 15) is 19.2 Å². The molecular weight excluding hydrogens is 358 g/mol. The molecule has 11 nitrogen and oxygen atoms in total. The van der Waals surface area contributed by atoms with Gasteiger partial charge in [-0.25, -0.2) is 4.79 Å². The summed E-state index contributed by atoms with van der Waals surface area (Å²) in [4.78, 5) is 47.1. The van der Waals surface area contributed by atoms with Crippen molar-refractivity contribution in [3.05, 3.63) is 0 Å². The molecule has 11 heteroatoms. The summed E-state index contributed by atoms with van der Waals surface area (Å²) in [5.74, 6) is -2.94. The van der Waals surface area contributed by atoms with Crippen LogP contribution in [0.25, 0.3) is 0 Å². The zero-order chi connectivity index (χ0) is 20.2. The number of unbranched alkanes of at least 4 members (excludes halogenated alkanes) is 1. The van der Waals surface area contributed by atoms with Crippen LogP contribution in [0.2, 0.25) is 0 Å². The van der Waals surface area contributed by atoms with Crippen molar-refractivity contribution in [1.82, 2.24) is 21.3 Å². The number of aliphatic carboxylic acids is 1. The standard InChI is InChI=1S/C16H29N5O6/c17-6-2-1-4-11(21-15(25)10-5-3-7-18-10)14(24)19-8-13(23)20-12(9-22)16(26)27/h10-12,18,22H,1-9,17H2,(H,19,24)(H,20,23)(H,21,25)(H,26,27). The highest BCUT2D eigenvalue weighted by Gasteiger charge is 2.27. The van der Waals surface area contributed by atoms with Crippen LogP contribution < -0.4 is 27.0 Å². The number of carboxylic acids is 1. The van der Waals surface area contributed by atoms with Crippen LogP contribution in [-0.4, -0.2) is 78.3 Å². The molecule has 0 bridgehead atoms. The van der Waals surface area contributed by atoms with E-state index in [1.165, 1.54) is 0 Å². The molecule has 154 valence electrons. The van der Waals surface area contributed by atoms with Crippen molar-refractivity contribution in [2.24, 2.45) is 5.73 Å². The number of aliphatic hydroxyl groups is 1. The first-order valence-corrected chi connectivity index (χ1v) is 9.03. The van der Waals surface area contributed by atoms with Crippen LogP contribution in [-0.2, 0) is 19.2 Å². The number of nitrogens with one attached hydrogen (secondary N) is 4. The Hall–Kier alpha value is -2.24. The van der Waals surface area contributed by atoms with Crippen LogP contribution in [0, 0.1) is 0 Å². The third-order valence-electron chi connectivity index (χ3n) is 4.20. The van der Waals surface area contributed by atoms with Gasteiger partial charge in [-0.15, -0.1) is 0 Å². The second-order valence-electron chi connectivity index (χ2n) is 6.35. The average molecular weight is 387 g/mol. The number of amides is 3. The van der Waals surface area contributed by atoms with Gasteiger partial charge in [-0.3, -0.25) is 14.4 Å². The quantitative estimate of drug-likeness (QED) is 0.173. The zero-order valence-electron chi connectivity index (χ0n) is 15.2. The Bertz CT molecular complexity index is 523. The molecular formula is C16H29N5O6. The number of rotatable bonds is 12. The molecule has 0 aromatic carbocycles. The minimum absolute atomic E-state index is 0.268. The lowest BCUT2D eigenvalue weighted by Gasteiger charge is -2.21. The molecule has 3 amide bonds. The van der Waals surface area contributed by atoms with Crippen molar-refractivity contribution in [2.45, 2.75) is 50.2 Å². The van der Waals surface area contributed by atoms with Gasteiger partial charge in [0.25, 0.3) is 0 Å². The van der Waals surface area contributed by atoms with E-state index < -0.39 is 43.0 Å². The van der Waals surface area contributed by atoms with Gasteiger partial charge in [-0.1, -0.05) is 0 Å². The Balaban J connectivity index is 2.54. The molecule has 0 aromatic heterocycles. The Labute approximate surface area is 157 Å². The predicted molar refractivity (Wildman–Crippen MR) is 95.5 cm³/mol. The molecule has 1 fully saturated rings. The van der Waals surface area contributed by atoms with E-state index in [2.05, 4.69) is 21.3 Å². The monoisotopic (exact) mass is 387 g/mol. The number of carbonyl (C=O) groups excluding carboxylic acids is 3. The predicted octanol–water partition coefficient (Wildman–Crippen LogP) is -2.97. The minimum atomic E-state index is -1.44. The van der Waals surface area contributed by atoms with Crippen molar-refractivity contribution in [3.8, 4) is 0 Å². The van der Waals surface area contributed by atoms with Gasteiger partial charge in [0.05, 0.1) is 19.2 Å². The lowest BCUT2D eigenvalue weighted by Crippen LogP contribution is -2.53. The van der Waals surface area contributed by atoms with E-state index in [4.69, 9.17) is 15.9 Å². The van der Waals surface area contributed by atoms with Crippen molar-refractivity contribution < 1.29 is 29.4 Å². The number of aliphatic hydroxyl groups excluding tert-OH is 1. The van der Waals surface area contributed by atoms with Gasteiger partial charge >= 0.3 is 5.97 Å². The summed E-state index contributed by atoms with van der Waals surface area (Å²) >= 11 is 0. The van der Waals surface area contributed by atoms with Gasteiger partial charge in [0, 0.05) is 0 Å². The molecule has 0 radical (unpaired) electrons. The molecule has 1 heterocycles. The largest absolute Gasteiger partial charge is 0.480 e. The van der Waals surface area contributed by atoms with Gasteiger partial charge in [0.2, 0.25) is 17.7 Å². The molecule has 1 saturated heterocycles. The summed E-state index contributed by atoms with van der Waals surface area (Å²) in [6, 6.07) is -2.59. The number of carbonyl (C=O) groups is 4. The fraction of sp³-hybridized carbons (Fsp3) is 0.750. The number of carboxylic acid groups (broad SMARTS) is 1. The van der Waals surface area contributed by atoms with E-state index in [1.54, 1.807) is 0 Å². The maximum absolute atomic E-state index is 12.4. The SMILES string of the molecule is NCCCCC(NC(=O)C1CCCN1)C(=O)NCC(=O)NC(CO)C(=O)O. The van der Waals surface area contributed by atoms with Crippen LogP contribution >= 0.6 is 0 Å². The molecule has 0 aromatic rings. The zero-order valence-corrected chi connectivity index (χ0v) is 15.2. The Morgan fingerprint density at radius 2 is 1.89 bits per heavy atom. The topological polar surface area (TPSA) is 183 Å². The first kappa shape index (κ1) is 22.8. The van der Waals surface area contributed by atoms with E-state index in [0.717, 1.165) is 13.0 Å². The maximum atomic E-state index is 12.4. The van der Waals surface area contributed by atoms with Crippen LogP contribution in [0.3, 0.4) is 0 Å². The fourth-order valence-electron chi connectivity index (χ4n) is 2.66. The minimum Gasteiger partial charge on any atom is -0.480 e. The van der Waals surface area contributed by atoms with Crippen LogP contribution in [0.1, 0.15) is 32.1 Å². The smallest absolute Gasteiger partial charge is 0.328 e. The van der Waals surface area contributed by atoms with Crippen molar-refractivity contribution >= 4 is 23.7 Å². The summed E-state index contributed by atoms with van der Waals surface area (Å²) in [6.45, 7) is -0.0146. The van der Waals surface area contributed by atoms with Crippen molar-refractivity contribution in [2.75, 3.05) is 26.2 Å². The molecule has 0 saturated carbocycles. The Morgan fingerprint density at radius 1 is 1.15 bits per heavy atom. The summed E-state index contributed by atoms with van der Waals surface area (Å²) in [6.07, 6.45) is 3.28. The number of nitrogens with two attached hydrogens (primary N) is 1. The highest BCUT2D eigenvalue weighted by molar-refractivity contribution is 5.92. The molecule has 0 aliphatic carbocycles. The lowest BCUT2D eigenvalue weighted by molar-refractivity contribution is -0.142. The molecule has 27 heavy (non-hydrogen) atoms.